The molecule has 33 heavy (non-hydrogen) atoms. The normalized spacial score (nSPS) is 21.1. The summed E-state index contributed by atoms with van der Waals surface area (Å²) in [5.41, 5.74) is 2.79. The van der Waals surface area contributed by atoms with E-state index in [-0.39, 0.29) is 5.91 Å². The highest BCUT2D eigenvalue weighted by Crippen LogP contribution is 2.37. The molecule has 1 heterocycles. The van der Waals surface area contributed by atoms with E-state index in [0.717, 1.165) is 36.3 Å². The number of hydrogen-bond donors (Lipinski definition) is 2. The van der Waals surface area contributed by atoms with Crippen molar-refractivity contribution in [1.82, 2.24) is 5.32 Å². The first-order chi connectivity index (χ1) is 16.1. The number of carbonyl (C=O) groups is 1. The van der Waals surface area contributed by atoms with E-state index >= 15 is 0 Å². The maximum Gasteiger partial charge on any atom is 0.240 e. The molecule has 2 N–H and O–H groups in total. The molecule has 0 aromatic heterocycles. The SMILES string of the molecule is CCCc1cc(C2CCCCC2)ccc1OCCCOc1cccc(C2SC(O)NC2=O)c1. The molecule has 0 bridgehead atoms. The number of benzene rings is 2. The lowest BCUT2D eigenvalue weighted by molar-refractivity contribution is -0.121. The largest absolute Gasteiger partial charge is 0.493 e. The van der Waals surface area contributed by atoms with Gasteiger partial charge in [-0.15, -0.1) is 0 Å². The van der Waals surface area contributed by atoms with Crippen LogP contribution in [0, 0.1) is 0 Å². The zero-order chi connectivity index (χ0) is 23.0. The van der Waals surface area contributed by atoms with E-state index in [4.69, 9.17) is 9.47 Å². The molecule has 2 unspecified atom stereocenters. The van der Waals surface area contributed by atoms with Crippen LogP contribution in [0.1, 0.15) is 79.7 Å². The number of aliphatic hydroxyl groups is 1. The number of nitrogens with one attached hydrogen (secondary N) is 1. The second-order valence-corrected chi connectivity index (χ2v) is 10.1. The van der Waals surface area contributed by atoms with Gasteiger partial charge in [-0.2, -0.15) is 0 Å². The molecule has 1 saturated carbocycles. The van der Waals surface area contributed by atoms with Gasteiger partial charge in [0.05, 0.1) is 13.2 Å². The number of ether oxygens (including phenoxy) is 2. The molecule has 1 aliphatic carbocycles. The van der Waals surface area contributed by atoms with Crippen molar-refractivity contribution < 1.29 is 19.4 Å². The molecule has 2 aromatic carbocycles. The Morgan fingerprint density at radius 1 is 1.03 bits per heavy atom. The monoisotopic (exact) mass is 469 g/mol. The Kier molecular flexibility index (Phi) is 8.57. The Balaban J connectivity index is 1.27. The van der Waals surface area contributed by atoms with Crippen LogP contribution in [0.4, 0.5) is 0 Å². The Labute approximate surface area is 201 Å². The predicted molar refractivity (Wildman–Crippen MR) is 133 cm³/mol. The summed E-state index contributed by atoms with van der Waals surface area (Å²) in [7, 11) is 0. The molecule has 2 fully saturated rings. The highest BCUT2D eigenvalue weighted by atomic mass is 32.2. The van der Waals surface area contributed by atoms with Crippen LogP contribution in [0.5, 0.6) is 11.5 Å². The smallest absolute Gasteiger partial charge is 0.240 e. The number of rotatable bonds is 10. The molecular weight excluding hydrogens is 434 g/mol. The number of thioether (sulfide) groups is 1. The molecule has 178 valence electrons. The van der Waals surface area contributed by atoms with E-state index in [1.165, 1.54) is 55.0 Å². The van der Waals surface area contributed by atoms with Gasteiger partial charge in [0.25, 0.3) is 0 Å². The average Bonchev–Trinajstić information content (AvgIpc) is 3.18. The van der Waals surface area contributed by atoms with Gasteiger partial charge in [0, 0.05) is 6.42 Å². The van der Waals surface area contributed by atoms with Crippen molar-refractivity contribution in [3.8, 4) is 11.5 Å². The minimum Gasteiger partial charge on any atom is -0.493 e. The molecule has 0 spiro atoms. The van der Waals surface area contributed by atoms with E-state index in [0.29, 0.717) is 19.1 Å². The van der Waals surface area contributed by atoms with Crippen molar-refractivity contribution in [1.29, 1.82) is 0 Å². The minimum absolute atomic E-state index is 0.171. The summed E-state index contributed by atoms with van der Waals surface area (Å²) in [6.45, 7) is 3.36. The van der Waals surface area contributed by atoms with E-state index in [9.17, 15) is 9.90 Å². The van der Waals surface area contributed by atoms with E-state index in [1.807, 2.05) is 24.3 Å². The average molecular weight is 470 g/mol. The second kappa shape index (κ2) is 11.8. The summed E-state index contributed by atoms with van der Waals surface area (Å²) in [5.74, 6) is 2.27. The van der Waals surface area contributed by atoms with Gasteiger partial charge in [-0.25, -0.2) is 0 Å². The molecule has 2 aliphatic rings. The lowest BCUT2D eigenvalue weighted by Crippen LogP contribution is -2.24. The fraction of sp³-hybridized carbons (Fsp3) is 0.519. The number of aliphatic hydroxyl groups excluding tert-OH is 1. The van der Waals surface area contributed by atoms with Gasteiger partial charge < -0.3 is 19.9 Å². The molecule has 1 amide bonds. The first-order valence-corrected chi connectivity index (χ1v) is 13.2. The van der Waals surface area contributed by atoms with Crippen LogP contribution >= 0.6 is 11.8 Å². The predicted octanol–water partition coefficient (Wildman–Crippen LogP) is 5.71. The molecule has 5 nitrogen and oxygen atoms in total. The van der Waals surface area contributed by atoms with Crippen molar-refractivity contribution in [2.45, 2.75) is 75.0 Å². The summed E-state index contributed by atoms with van der Waals surface area (Å²) in [5, 5.41) is 11.7. The van der Waals surface area contributed by atoms with Gasteiger partial charge in [-0.1, -0.05) is 68.6 Å². The minimum atomic E-state index is -0.849. The van der Waals surface area contributed by atoms with Gasteiger partial charge in [0.1, 0.15) is 16.7 Å². The quantitative estimate of drug-likeness (QED) is 0.436. The van der Waals surface area contributed by atoms with Crippen LogP contribution in [-0.4, -0.2) is 29.8 Å². The Morgan fingerprint density at radius 2 is 1.85 bits per heavy atom. The zero-order valence-electron chi connectivity index (χ0n) is 19.4. The van der Waals surface area contributed by atoms with Gasteiger partial charge in [-0.05, 0) is 60.1 Å². The Bertz CT molecular complexity index is 928. The Hall–Kier alpha value is -2.18. The number of carbonyl (C=O) groups excluding carboxylic acids is 1. The number of amides is 1. The molecule has 1 aliphatic heterocycles. The summed E-state index contributed by atoms with van der Waals surface area (Å²) >= 11 is 1.20. The first-order valence-electron chi connectivity index (χ1n) is 12.3. The lowest BCUT2D eigenvalue weighted by atomic mass is 9.83. The molecule has 0 radical (unpaired) electrons. The molecule has 1 saturated heterocycles. The van der Waals surface area contributed by atoms with Crippen molar-refractivity contribution in [2.75, 3.05) is 13.2 Å². The molecule has 4 rings (SSSR count). The molecule has 2 atom stereocenters. The molecule has 2 aromatic rings. The van der Waals surface area contributed by atoms with Gasteiger partial charge in [0.15, 0.2) is 5.56 Å². The maximum atomic E-state index is 12.0. The summed E-state index contributed by atoms with van der Waals surface area (Å²) in [4.78, 5) is 12.0. The van der Waals surface area contributed by atoms with Gasteiger partial charge in [-0.3, -0.25) is 4.79 Å². The van der Waals surface area contributed by atoms with Gasteiger partial charge in [0.2, 0.25) is 5.91 Å². The third-order valence-electron chi connectivity index (χ3n) is 6.43. The highest BCUT2D eigenvalue weighted by molar-refractivity contribution is 8.01. The first kappa shape index (κ1) is 24.0. The van der Waals surface area contributed by atoms with Crippen molar-refractivity contribution in [3.63, 3.8) is 0 Å². The summed E-state index contributed by atoms with van der Waals surface area (Å²) < 4.78 is 12.0. The van der Waals surface area contributed by atoms with Gasteiger partial charge >= 0.3 is 0 Å². The lowest BCUT2D eigenvalue weighted by Gasteiger charge is -2.23. The van der Waals surface area contributed by atoms with Crippen molar-refractivity contribution in [2.24, 2.45) is 0 Å². The zero-order valence-corrected chi connectivity index (χ0v) is 20.2. The van der Waals surface area contributed by atoms with Crippen LogP contribution in [0.15, 0.2) is 42.5 Å². The molecular formula is C27H35NO4S. The standard InChI is InChI=1S/C27H35NO4S/c1-2-8-21-17-20(19-9-4-3-5-10-19)13-14-24(21)32-16-7-15-31-23-12-6-11-22(18-23)25-26(29)28-27(30)33-25/h6,11-14,17-19,25,27,30H,2-5,7-10,15-16H2,1H3,(H,28,29). The third-order valence-corrected chi connectivity index (χ3v) is 7.56. The van der Waals surface area contributed by atoms with Crippen molar-refractivity contribution in [3.05, 3.63) is 59.2 Å². The Morgan fingerprint density at radius 3 is 2.61 bits per heavy atom. The number of aryl methyl sites for hydroxylation is 1. The van der Waals surface area contributed by atoms with E-state index in [2.05, 4.69) is 30.4 Å². The van der Waals surface area contributed by atoms with Crippen LogP contribution in [0.2, 0.25) is 0 Å². The summed E-state index contributed by atoms with van der Waals surface area (Å²) in [6.07, 6.45) is 9.64. The number of hydrogen-bond acceptors (Lipinski definition) is 5. The third kappa shape index (κ3) is 6.45. The van der Waals surface area contributed by atoms with Crippen molar-refractivity contribution >= 4 is 17.7 Å². The highest BCUT2D eigenvalue weighted by Gasteiger charge is 2.32. The van der Waals surface area contributed by atoms with Crippen LogP contribution < -0.4 is 14.8 Å². The molecule has 6 heteroatoms. The fourth-order valence-electron chi connectivity index (χ4n) is 4.75. The van der Waals surface area contributed by atoms with E-state index < -0.39 is 10.8 Å². The fourth-order valence-corrected chi connectivity index (χ4v) is 5.68. The van der Waals surface area contributed by atoms with Crippen LogP contribution in [0.3, 0.4) is 0 Å². The summed E-state index contributed by atoms with van der Waals surface area (Å²) in [6, 6.07) is 14.3. The second-order valence-electron chi connectivity index (χ2n) is 8.95. The van der Waals surface area contributed by atoms with Crippen LogP contribution in [-0.2, 0) is 11.2 Å². The topological polar surface area (TPSA) is 67.8 Å². The van der Waals surface area contributed by atoms with Crippen LogP contribution in [0.25, 0.3) is 0 Å². The van der Waals surface area contributed by atoms with E-state index in [1.54, 1.807) is 0 Å². The maximum absolute atomic E-state index is 12.0.